The number of carbonyl (C=O) groups excluding carboxylic acids is 2. The van der Waals surface area contributed by atoms with Crippen molar-refractivity contribution in [2.24, 2.45) is 0 Å². The Balaban J connectivity index is 2.00. The molecule has 1 aromatic rings. The van der Waals surface area contributed by atoms with E-state index in [2.05, 4.69) is 15.6 Å². The topological polar surface area (TPSA) is 71.1 Å². The number of aryl methyl sites for hydroxylation is 1. The summed E-state index contributed by atoms with van der Waals surface area (Å²) in [4.78, 5) is 27.7. The monoisotopic (exact) mass is 239 g/mol. The van der Waals surface area contributed by atoms with Gasteiger partial charge < -0.3 is 0 Å². The summed E-state index contributed by atoms with van der Waals surface area (Å²) in [6, 6.07) is -0.438. The molecule has 0 aromatic carbocycles. The van der Waals surface area contributed by atoms with Crippen LogP contribution in [-0.4, -0.2) is 22.8 Å². The van der Waals surface area contributed by atoms with E-state index in [9.17, 15) is 9.59 Å². The number of nitrogens with one attached hydrogen (secondary N) is 2. The smallest absolute Gasteiger partial charge is 0.244 e. The molecule has 1 aliphatic heterocycles. The molecule has 2 rings (SSSR count). The maximum absolute atomic E-state index is 11.3. The Kier molecular flexibility index (Phi) is 3.02. The third-order valence-corrected chi connectivity index (χ3v) is 3.52. The van der Waals surface area contributed by atoms with Crippen molar-refractivity contribution in [3.05, 3.63) is 16.1 Å². The van der Waals surface area contributed by atoms with Gasteiger partial charge in [0.1, 0.15) is 5.01 Å². The van der Waals surface area contributed by atoms with E-state index < -0.39 is 6.04 Å². The summed E-state index contributed by atoms with van der Waals surface area (Å²) in [6.45, 7) is 3.92. The van der Waals surface area contributed by atoms with Gasteiger partial charge in [0.2, 0.25) is 11.8 Å². The van der Waals surface area contributed by atoms with E-state index in [1.54, 1.807) is 17.5 Å². The summed E-state index contributed by atoms with van der Waals surface area (Å²) in [5.74, 6) is -0.463. The van der Waals surface area contributed by atoms with Gasteiger partial charge in [0, 0.05) is 11.1 Å². The third kappa shape index (κ3) is 2.28. The predicted molar refractivity (Wildman–Crippen MR) is 60.0 cm³/mol. The summed E-state index contributed by atoms with van der Waals surface area (Å²) in [6.07, 6.45) is 2.02. The number of thiazole rings is 1. The Labute approximate surface area is 97.3 Å². The molecule has 1 aromatic heterocycles. The molecule has 2 unspecified atom stereocenters. The molecular weight excluding hydrogens is 226 g/mol. The second-order valence-electron chi connectivity index (χ2n) is 3.87. The zero-order valence-corrected chi connectivity index (χ0v) is 9.93. The van der Waals surface area contributed by atoms with Crippen LogP contribution in [0.5, 0.6) is 0 Å². The fourth-order valence-corrected chi connectivity index (χ4v) is 2.42. The predicted octanol–water partition coefficient (Wildman–Crippen LogP) is 0.517. The van der Waals surface area contributed by atoms with Crippen LogP contribution < -0.4 is 10.6 Å². The fourth-order valence-electron chi connectivity index (χ4n) is 1.63. The van der Waals surface area contributed by atoms with Gasteiger partial charge in [-0.25, -0.2) is 4.98 Å². The number of nitrogens with zero attached hydrogens (tertiary/aromatic N) is 1. The molecule has 86 valence electrons. The molecule has 1 aliphatic rings. The molecule has 0 saturated carbocycles. The van der Waals surface area contributed by atoms with E-state index in [0.29, 0.717) is 0 Å². The molecule has 1 saturated heterocycles. The number of imide groups is 1. The van der Waals surface area contributed by atoms with Crippen LogP contribution in [0.25, 0.3) is 0 Å². The van der Waals surface area contributed by atoms with Crippen LogP contribution >= 0.6 is 11.3 Å². The molecule has 0 spiro atoms. The normalized spacial score (nSPS) is 22.2. The zero-order chi connectivity index (χ0) is 11.7. The summed E-state index contributed by atoms with van der Waals surface area (Å²) in [5.41, 5.74) is 0. The zero-order valence-electron chi connectivity index (χ0n) is 9.11. The van der Waals surface area contributed by atoms with Crippen molar-refractivity contribution in [1.82, 2.24) is 15.6 Å². The highest BCUT2D eigenvalue weighted by molar-refractivity contribution is 7.11. The van der Waals surface area contributed by atoms with Crippen LogP contribution in [0, 0.1) is 6.92 Å². The molecule has 0 aliphatic carbocycles. The molecule has 2 atom stereocenters. The van der Waals surface area contributed by atoms with Crippen molar-refractivity contribution in [2.75, 3.05) is 0 Å². The van der Waals surface area contributed by atoms with E-state index >= 15 is 0 Å². The Hall–Kier alpha value is -1.27. The maximum atomic E-state index is 11.3. The summed E-state index contributed by atoms with van der Waals surface area (Å²) < 4.78 is 0. The Morgan fingerprint density at radius 1 is 1.62 bits per heavy atom. The highest BCUT2D eigenvalue weighted by Crippen LogP contribution is 2.20. The number of hydrogen-bond acceptors (Lipinski definition) is 5. The number of aromatic nitrogens is 1. The van der Waals surface area contributed by atoms with E-state index in [-0.39, 0.29) is 24.3 Å². The average Bonchev–Trinajstić information content (AvgIpc) is 2.74. The van der Waals surface area contributed by atoms with Crippen molar-refractivity contribution >= 4 is 23.2 Å². The van der Waals surface area contributed by atoms with Crippen LogP contribution in [0.2, 0.25) is 0 Å². The molecule has 1 fully saturated rings. The fraction of sp³-hybridized carbons (Fsp3) is 0.500. The first-order valence-electron chi connectivity index (χ1n) is 5.08. The molecular formula is C10H13N3O2S. The Bertz CT molecular complexity index is 429. The molecule has 5 nitrogen and oxygen atoms in total. The summed E-state index contributed by atoms with van der Waals surface area (Å²) >= 11 is 1.59. The molecule has 6 heteroatoms. The lowest BCUT2D eigenvalue weighted by molar-refractivity contribution is -0.125. The second-order valence-corrected chi connectivity index (χ2v) is 5.13. The van der Waals surface area contributed by atoms with Gasteiger partial charge >= 0.3 is 0 Å². The van der Waals surface area contributed by atoms with Crippen molar-refractivity contribution in [2.45, 2.75) is 32.4 Å². The van der Waals surface area contributed by atoms with Gasteiger partial charge in [-0.05, 0) is 13.8 Å². The van der Waals surface area contributed by atoms with Gasteiger partial charge in [-0.15, -0.1) is 11.3 Å². The Morgan fingerprint density at radius 2 is 2.38 bits per heavy atom. The molecule has 16 heavy (non-hydrogen) atoms. The van der Waals surface area contributed by atoms with Gasteiger partial charge in [-0.1, -0.05) is 0 Å². The van der Waals surface area contributed by atoms with Crippen molar-refractivity contribution in [1.29, 1.82) is 0 Å². The SMILES string of the molecule is Cc1cnc(C(C)NC2CC(=O)NC2=O)s1. The van der Waals surface area contributed by atoms with Crippen LogP contribution in [0.1, 0.15) is 29.3 Å². The van der Waals surface area contributed by atoms with Gasteiger partial charge in [-0.3, -0.25) is 20.2 Å². The largest absolute Gasteiger partial charge is 0.297 e. The number of amides is 2. The summed E-state index contributed by atoms with van der Waals surface area (Å²) in [5, 5.41) is 6.31. The first kappa shape index (κ1) is 11.2. The molecule has 0 bridgehead atoms. The first-order chi connectivity index (χ1) is 7.56. The van der Waals surface area contributed by atoms with Gasteiger partial charge in [0.05, 0.1) is 18.5 Å². The highest BCUT2D eigenvalue weighted by atomic mass is 32.1. The van der Waals surface area contributed by atoms with Crippen molar-refractivity contribution in [3.8, 4) is 0 Å². The number of carbonyl (C=O) groups is 2. The quantitative estimate of drug-likeness (QED) is 0.754. The minimum Gasteiger partial charge on any atom is -0.297 e. The molecule has 0 radical (unpaired) electrons. The minimum absolute atomic E-state index is 0.0136. The third-order valence-electron chi connectivity index (χ3n) is 2.43. The van der Waals surface area contributed by atoms with Gasteiger partial charge in [-0.2, -0.15) is 0 Å². The van der Waals surface area contributed by atoms with Gasteiger partial charge in [0.25, 0.3) is 0 Å². The van der Waals surface area contributed by atoms with E-state index in [1.807, 2.05) is 13.8 Å². The van der Waals surface area contributed by atoms with Crippen molar-refractivity contribution in [3.63, 3.8) is 0 Å². The maximum Gasteiger partial charge on any atom is 0.244 e. The molecule has 2 heterocycles. The summed E-state index contributed by atoms with van der Waals surface area (Å²) in [7, 11) is 0. The number of hydrogen-bond donors (Lipinski definition) is 2. The lowest BCUT2D eigenvalue weighted by atomic mass is 10.2. The molecule has 2 N–H and O–H groups in total. The lowest BCUT2D eigenvalue weighted by Crippen LogP contribution is -2.37. The van der Waals surface area contributed by atoms with Crippen LogP contribution in [-0.2, 0) is 9.59 Å². The highest BCUT2D eigenvalue weighted by Gasteiger charge is 2.31. The first-order valence-corrected chi connectivity index (χ1v) is 5.90. The standard InChI is InChI=1S/C10H13N3O2S/c1-5-4-11-10(16-5)6(2)12-7-3-8(14)13-9(7)15/h4,6-7,12H,3H2,1-2H3,(H,13,14,15). The average molecular weight is 239 g/mol. The van der Waals surface area contributed by atoms with E-state index in [4.69, 9.17) is 0 Å². The van der Waals surface area contributed by atoms with Crippen LogP contribution in [0.4, 0.5) is 0 Å². The Morgan fingerprint density at radius 3 is 2.88 bits per heavy atom. The number of rotatable bonds is 3. The second kappa shape index (κ2) is 4.31. The lowest BCUT2D eigenvalue weighted by Gasteiger charge is -2.14. The van der Waals surface area contributed by atoms with Crippen LogP contribution in [0.15, 0.2) is 6.20 Å². The van der Waals surface area contributed by atoms with Crippen molar-refractivity contribution < 1.29 is 9.59 Å². The van der Waals surface area contributed by atoms with E-state index in [0.717, 1.165) is 9.88 Å². The van der Waals surface area contributed by atoms with E-state index in [1.165, 1.54) is 0 Å². The van der Waals surface area contributed by atoms with Crippen LogP contribution in [0.3, 0.4) is 0 Å². The molecule has 2 amide bonds. The minimum atomic E-state index is -0.424. The van der Waals surface area contributed by atoms with Gasteiger partial charge in [0.15, 0.2) is 0 Å².